The van der Waals surface area contributed by atoms with Crippen LogP contribution in [0, 0.1) is 0 Å². The Morgan fingerprint density at radius 2 is 1.36 bits per heavy atom. The van der Waals surface area contributed by atoms with Crippen molar-refractivity contribution in [1.29, 1.82) is 0 Å². The van der Waals surface area contributed by atoms with Gasteiger partial charge < -0.3 is 11.5 Å². The molecule has 0 aliphatic rings. The zero-order valence-corrected chi connectivity index (χ0v) is 5.68. The molecule has 8 nitrogen and oxygen atoms in total. The molecule has 11 heavy (non-hydrogen) atoms. The van der Waals surface area contributed by atoms with Gasteiger partial charge in [-0.25, -0.2) is 20.4 Å². The lowest BCUT2D eigenvalue weighted by molar-refractivity contribution is 0.240. The van der Waals surface area contributed by atoms with Crippen LogP contribution in [0.5, 0.6) is 0 Å². The van der Waals surface area contributed by atoms with Gasteiger partial charge in [0.25, 0.3) is 0 Å². The Morgan fingerprint density at radius 3 is 1.64 bits per heavy atom. The minimum Gasteiger partial charge on any atom is -0.351 e. The van der Waals surface area contributed by atoms with Crippen molar-refractivity contribution in [3.63, 3.8) is 0 Å². The first-order chi connectivity index (χ1) is 5.13. The second kappa shape index (κ2) is 5.26. The standard InChI is InChI=1S/C3H10N6O2/c4-2(10)8-6-1-7-9-3(5)11/h6-7H,1H2,(H3,4,8,10)(H3,5,9,11). The van der Waals surface area contributed by atoms with Gasteiger partial charge in [-0.2, -0.15) is 0 Å². The normalized spacial score (nSPS) is 8.73. The molecule has 8 N–H and O–H groups in total. The Balaban J connectivity index is 3.03. The summed E-state index contributed by atoms with van der Waals surface area (Å²) in [5, 5.41) is 0. The van der Waals surface area contributed by atoms with Gasteiger partial charge in [-0.3, -0.25) is 10.9 Å². The second-order valence-corrected chi connectivity index (χ2v) is 1.51. The second-order valence-electron chi connectivity index (χ2n) is 1.51. The molecule has 0 aromatic carbocycles. The lowest BCUT2D eigenvalue weighted by atomic mass is 11.0. The summed E-state index contributed by atoms with van der Waals surface area (Å²) in [5.74, 6) is 0. The minimum atomic E-state index is -0.717. The number of primary amides is 2. The summed E-state index contributed by atoms with van der Waals surface area (Å²) in [4.78, 5) is 20.0. The summed E-state index contributed by atoms with van der Waals surface area (Å²) in [7, 11) is 0. The number of nitrogens with one attached hydrogen (secondary N) is 4. The van der Waals surface area contributed by atoms with E-state index < -0.39 is 12.1 Å². The van der Waals surface area contributed by atoms with Crippen molar-refractivity contribution in [3.8, 4) is 0 Å². The van der Waals surface area contributed by atoms with E-state index in [-0.39, 0.29) is 6.67 Å². The highest BCUT2D eigenvalue weighted by Gasteiger charge is 1.89. The van der Waals surface area contributed by atoms with Gasteiger partial charge in [0.05, 0.1) is 6.67 Å². The highest BCUT2D eigenvalue weighted by atomic mass is 16.2. The maximum atomic E-state index is 10.0. The zero-order chi connectivity index (χ0) is 8.69. The molecule has 0 atom stereocenters. The van der Waals surface area contributed by atoms with E-state index in [1.807, 2.05) is 0 Å². The number of hydrazine groups is 2. The van der Waals surface area contributed by atoms with E-state index in [2.05, 4.69) is 33.2 Å². The van der Waals surface area contributed by atoms with Gasteiger partial charge in [0.15, 0.2) is 0 Å². The van der Waals surface area contributed by atoms with Crippen molar-refractivity contribution < 1.29 is 9.59 Å². The van der Waals surface area contributed by atoms with Gasteiger partial charge in [-0.1, -0.05) is 0 Å². The average molecular weight is 162 g/mol. The molecule has 0 aliphatic heterocycles. The Labute approximate surface area is 62.6 Å². The maximum absolute atomic E-state index is 10.0. The van der Waals surface area contributed by atoms with Crippen molar-refractivity contribution in [2.75, 3.05) is 6.67 Å². The summed E-state index contributed by atoms with van der Waals surface area (Å²) in [6.45, 7) is 0.117. The maximum Gasteiger partial charge on any atom is 0.326 e. The number of nitrogens with two attached hydrogens (primary N) is 2. The predicted molar refractivity (Wildman–Crippen MR) is 36.6 cm³/mol. The van der Waals surface area contributed by atoms with E-state index in [9.17, 15) is 9.59 Å². The number of hydrogen-bond acceptors (Lipinski definition) is 4. The summed E-state index contributed by atoms with van der Waals surface area (Å²) < 4.78 is 0. The van der Waals surface area contributed by atoms with Crippen LogP contribution in [0.2, 0.25) is 0 Å². The summed E-state index contributed by atoms with van der Waals surface area (Å²) in [6.07, 6.45) is 0. The first-order valence-electron chi connectivity index (χ1n) is 2.69. The average Bonchev–Trinajstić information content (AvgIpc) is 1.85. The van der Waals surface area contributed by atoms with Crippen molar-refractivity contribution in [2.24, 2.45) is 11.5 Å². The molecule has 0 saturated heterocycles. The van der Waals surface area contributed by atoms with Crippen LogP contribution in [0.4, 0.5) is 9.59 Å². The third-order valence-electron chi connectivity index (χ3n) is 0.600. The summed E-state index contributed by atoms with van der Waals surface area (Å²) >= 11 is 0. The Morgan fingerprint density at radius 1 is 1.00 bits per heavy atom. The Kier molecular flexibility index (Phi) is 4.52. The number of urea groups is 2. The molecule has 0 bridgehead atoms. The first-order valence-corrected chi connectivity index (χ1v) is 2.69. The van der Waals surface area contributed by atoms with Crippen LogP contribution in [0.1, 0.15) is 0 Å². The molecule has 0 saturated carbocycles. The first kappa shape index (κ1) is 9.46. The number of amides is 4. The van der Waals surface area contributed by atoms with Crippen LogP contribution in [0.25, 0.3) is 0 Å². The van der Waals surface area contributed by atoms with E-state index in [0.29, 0.717) is 0 Å². The van der Waals surface area contributed by atoms with Crippen LogP contribution in [-0.2, 0) is 0 Å². The van der Waals surface area contributed by atoms with E-state index in [1.54, 1.807) is 0 Å². The SMILES string of the molecule is NC(=O)NNCNNC(N)=O. The molecule has 64 valence electrons. The molecule has 0 aromatic heterocycles. The molecule has 0 aliphatic carbocycles. The number of rotatable bonds is 4. The van der Waals surface area contributed by atoms with Gasteiger partial charge in [-0.05, 0) is 0 Å². The highest BCUT2D eigenvalue weighted by Crippen LogP contribution is 1.48. The topological polar surface area (TPSA) is 134 Å². The monoisotopic (exact) mass is 162 g/mol. The smallest absolute Gasteiger partial charge is 0.326 e. The van der Waals surface area contributed by atoms with Gasteiger partial charge >= 0.3 is 12.1 Å². The van der Waals surface area contributed by atoms with Crippen LogP contribution >= 0.6 is 0 Å². The van der Waals surface area contributed by atoms with Gasteiger partial charge in [-0.15, -0.1) is 0 Å². The number of hydrogen-bond donors (Lipinski definition) is 6. The number of carbonyl (C=O) groups excluding carboxylic acids is 2. The van der Waals surface area contributed by atoms with Crippen LogP contribution < -0.4 is 33.2 Å². The molecular formula is C3H10N6O2. The molecule has 0 radical (unpaired) electrons. The van der Waals surface area contributed by atoms with Crippen LogP contribution in [-0.4, -0.2) is 18.7 Å². The fourth-order valence-electron chi connectivity index (χ4n) is 0.307. The van der Waals surface area contributed by atoms with Gasteiger partial charge in [0, 0.05) is 0 Å². The van der Waals surface area contributed by atoms with Crippen LogP contribution in [0.15, 0.2) is 0 Å². The molecule has 0 heterocycles. The van der Waals surface area contributed by atoms with Crippen molar-refractivity contribution in [2.45, 2.75) is 0 Å². The van der Waals surface area contributed by atoms with E-state index in [4.69, 9.17) is 0 Å². The van der Waals surface area contributed by atoms with Crippen LogP contribution in [0.3, 0.4) is 0 Å². The van der Waals surface area contributed by atoms with Crippen molar-refractivity contribution in [3.05, 3.63) is 0 Å². The third kappa shape index (κ3) is 8.46. The highest BCUT2D eigenvalue weighted by molar-refractivity contribution is 5.71. The minimum absolute atomic E-state index is 0.117. The van der Waals surface area contributed by atoms with E-state index in [0.717, 1.165) is 0 Å². The molecule has 0 unspecified atom stereocenters. The third-order valence-corrected chi connectivity index (χ3v) is 0.600. The molecule has 0 rings (SSSR count). The molecule has 0 spiro atoms. The zero-order valence-electron chi connectivity index (χ0n) is 5.68. The van der Waals surface area contributed by atoms with Crippen molar-refractivity contribution >= 4 is 12.1 Å². The lowest BCUT2D eigenvalue weighted by Crippen LogP contribution is -2.51. The lowest BCUT2D eigenvalue weighted by Gasteiger charge is -2.05. The van der Waals surface area contributed by atoms with Gasteiger partial charge in [0.2, 0.25) is 0 Å². The summed E-state index contributed by atoms with van der Waals surface area (Å²) in [6, 6.07) is -1.43. The molecule has 0 fully saturated rings. The molecule has 0 aromatic rings. The Bertz CT molecular complexity index is 131. The largest absolute Gasteiger partial charge is 0.351 e. The predicted octanol–water partition coefficient (Wildman–Crippen LogP) is -2.71. The fraction of sp³-hybridized carbons (Fsp3) is 0.333. The number of carbonyl (C=O) groups is 2. The molecular weight excluding hydrogens is 152 g/mol. The fourth-order valence-corrected chi connectivity index (χ4v) is 0.307. The Hall–Kier alpha value is -1.54. The molecule has 8 heteroatoms. The quantitative estimate of drug-likeness (QED) is 0.152. The van der Waals surface area contributed by atoms with Crippen molar-refractivity contribution in [1.82, 2.24) is 21.7 Å². The molecule has 4 amide bonds. The van der Waals surface area contributed by atoms with E-state index in [1.165, 1.54) is 0 Å². The van der Waals surface area contributed by atoms with E-state index >= 15 is 0 Å². The summed E-state index contributed by atoms with van der Waals surface area (Å²) in [5.41, 5.74) is 18.1. The van der Waals surface area contributed by atoms with Gasteiger partial charge in [0.1, 0.15) is 0 Å².